The Bertz CT molecular complexity index is 2090. The third kappa shape index (κ3) is 11.0. The zero-order chi connectivity index (χ0) is 36.2. The summed E-state index contributed by atoms with van der Waals surface area (Å²) in [5, 5.41) is 5.53. The quantitative estimate of drug-likeness (QED) is 0.0959. The first-order chi connectivity index (χ1) is 23.6. The van der Waals surface area contributed by atoms with Gasteiger partial charge in [0.2, 0.25) is 0 Å². The predicted molar refractivity (Wildman–Crippen MR) is 220 cm³/mol. The van der Waals surface area contributed by atoms with Crippen LogP contribution in [0.4, 0.5) is 0 Å². The molecule has 1 atom stereocenters. The molecule has 0 spiro atoms. The largest absolute Gasteiger partial charge is 1.00 e. The van der Waals surface area contributed by atoms with Crippen molar-refractivity contribution in [3.05, 3.63) is 143 Å². The Balaban J connectivity index is 0.000000249. The van der Waals surface area contributed by atoms with E-state index in [4.69, 9.17) is 0 Å². The second-order valence-corrected chi connectivity index (χ2v) is 25.9. The molecule has 4 heteroatoms. The van der Waals surface area contributed by atoms with Crippen LogP contribution in [0.2, 0.25) is 13.1 Å². The van der Waals surface area contributed by atoms with Crippen molar-refractivity contribution in [1.82, 2.24) is 0 Å². The van der Waals surface area contributed by atoms with Crippen LogP contribution in [0.15, 0.2) is 115 Å². The van der Waals surface area contributed by atoms with Gasteiger partial charge in [-0.3, -0.25) is 0 Å². The molecule has 0 fully saturated rings. The van der Waals surface area contributed by atoms with Crippen LogP contribution in [0.25, 0.3) is 43.8 Å². The van der Waals surface area contributed by atoms with Gasteiger partial charge in [-0.05, 0) is 58.3 Å². The Morgan fingerprint density at radius 2 is 1.19 bits per heavy atom. The first-order valence-corrected chi connectivity index (χ1v) is 24.5. The summed E-state index contributed by atoms with van der Waals surface area (Å²) in [6.45, 7) is 22.6. The minimum absolute atomic E-state index is 0. The van der Waals surface area contributed by atoms with E-state index < -0.39 is 0 Å². The van der Waals surface area contributed by atoms with E-state index >= 15 is 0 Å². The van der Waals surface area contributed by atoms with Crippen LogP contribution in [-0.4, -0.2) is 5.43 Å². The fourth-order valence-electron chi connectivity index (χ4n) is 6.98. The number of rotatable bonds is 3. The molecule has 0 nitrogen and oxygen atoms in total. The summed E-state index contributed by atoms with van der Waals surface area (Å²) < 4.78 is 0. The molecule has 0 N–H and O–H groups in total. The van der Waals surface area contributed by atoms with Crippen molar-refractivity contribution in [3.63, 3.8) is 0 Å². The van der Waals surface area contributed by atoms with Crippen molar-refractivity contribution in [2.75, 3.05) is 0 Å². The molecule has 1 unspecified atom stereocenters. The molecule has 0 bridgehead atoms. The number of aryl methyl sites for hydroxylation is 2. The van der Waals surface area contributed by atoms with E-state index in [1.165, 1.54) is 90.9 Å². The first-order valence-electron chi connectivity index (χ1n) is 18.4. The Labute approximate surface area is 342 Å². The molecule has 0 aliphatic heterocycles. The first kappa shape index (κ1) is 43.9. The number of halogens is 2. The van der Waals surface area contributed by atoms with Crippen molar-refractivity contribution in [3.8, 4) is 22.3 Å². The molecule has 0 radical (unpaired) electrons. The topological polar surface area (TPSA) is 0 Å². The van der Waals surface area contributed by atoms with Gasteiger partial charge in [0.05, 0.1) is 0 Å². The Hall–Kier alpha value is -2.48. The minimum atomic E-state index is 0. The number of fused-ring (bicyclic) bond motifs is 2. The SMILES string of the molecule is CC(C)(C)c1ccc(-c2cccc3[cH-]c(C4CC=CCC4)cc23)cc1.C[Si](C)=[Zr+2].Cc1cc2c(-c3ccc(C(C)(C)C)cc3)ccc(C)c2[cH-]1.[Cl-].[Cl-]. The van der Waals surface area contributed by atoms with Crippen LogP contribution in [0.1, 0.15) is 94.5 Å². The predicted octanol–water partition coefficient (Wildman–Crippen LogP) is 8.28. The third-order valence-corrected chi connectivity index (χ3v) is 9.89. The average molecular weight is 823 g/mol. The molecule has 7 rings (SSSR count). The summed E-state index contributed by atoms with van der Waals surface area (Å²) in [6, 6.07) is 38.8. The van der Waals surface area contributed by atoms with E-state index in [2.05, 4.69) is 184 Å². The van der Waals surface area contributed by atoms with Crippen LogP contribution in [0.5, 0.6) is 0 Å². The van der Waals surface area contributed by atoms with Gasteiger partial charge < -0.3 is 24.8 Å². The second-order valence-electron chi connectivity index (χ2n) is 16.5. The van der Waals surface area contributed by atoms with Crippen LogP contribution in [0.3, 0.4) is 0 Å². The zero-order valence-electron chi connectivity index (χ0n) is 32.9. The zero-order valence-corrected chi connectivity index (χ0v) is 37.9. The molecule has 6 aromatic carbocycles. The van der Waals surface area contributed by atoms with Crippen molar-refractivity contribution >= 4 is 27.0 Å². The number of allylic oxidation sites excluding steroid dienone is 2. The third-order valence-electron chi connectivity index (χ3n) is 9.89. The van der Waals surface area contributed by atoms with Gasteiger partial charge in [0.1, 0.15) is 0 Å². The maximum Gasteiger partial charge on any atom is -0.0132 e. The molecular formula is C48H56Cl2SiZr-2. The fourth-order valence-corrected chi connectivity index (χ4v) is 6.98. The molecular weight excluding hydrogens is 767 g/mol. The molecule has 0 saturated heterocycles. The Morgan fingerprint density at radius 3 is 1.69 bits per heavy atom. The molecule has 0 aromatic heterocycles. The molecule has 1 aliphatic rings. The van der Waals surface area contributed by atoms with E-state index in [1.807, 2.05) is 0 Å². The van der Waals surface area contributed by atoms with E-state index in [0.717, 1.165) is 0 Å². The summed E-state index contributed by atoms with van der Waals surface area (Å²) in [4.78, 5) is 0. The molecule has 272 valence electrons. The number of benzene rings is 4. The number of hydrogen-bond acceptors (Lipinski definition) is 0. The molecule has 6 aromatic rings. The number of hydrogen-bond donors (Lipinski definition) is 0. The summed E-state index contributed by atoms with van der Waals surface area (Å²) >= 11 is 1.74. The van der Waals surface area contributed by atoms with E-state index in [0.29, 0.717) is 5.92 Å². The molecule has 1 aliphatic carbocycles. The average Bonchev–Trinajstić information content (AvgIpc) is 3.69. The fraction of sp³-hybridized carbons (Fsp3) is 0.333. The molecule has 0 heterocycles. The van der Waals surface area contributed by atoms with Gasteiger partial charge in [-0.25, -0.2) is 0 Å². The van der Waals surface area contributed by atoms with Crippen molar-refractivity contribution in [1.29, 1.82) is 0 Å². The standard InChI is InChI=1S/C25H27.C21H23.C2H6Si.2ClH.Zr/c1-25(2,3)22-14-12-19(13-15-22)23-11-7-10-20-16-21(17-24(20)23)18-8-5-4-6-9-18;1-14-12-19-15(2)6-11-18(20(19)13-14)16-7-9-17(10-8-16)21(3,4)5;1-3-2;;;/h4-5,7,10-18H,6,8-9H2,1-3H3;6-13H,1-5H3;1-2H3;2*1H;/q2*-1;;;;+2/p-2. The summed E-state index contributed by atoms with van der Waals surface area (Å²) in [7, 11) is 0. The summed E-state index contributed by atoms with van der Waals surface area (Å²) in [5.74, 6) is 0.688. The maximum atomic E-state index is 2.44. The van der Waals surface area contributed by atoms with Gasteiger partial charge in [-0.2, -0.15) is 12.1 Å². The van der Waals surface area contributed by atoms with Crippen LogP contribution >= 0.6 is 0 Å². The molecule has 0 amide bonds. The minimum Gasteiger partial charge on any atom is -1.00 e. The van der Waals surface area contributed by atoms with Crippen LogP contribution < -0.4 is 24.8 Å². The van der Waals surface area contributed by atoms with E-state index in [1.54, 1.807) is 23.3 Å². The summed E-state index contributed by atoms with van der Waals surface area (Å²) in [5.41, 5.74) is 12.9. The van der Waals surface area contributed by atoms with Gasteiger partial charge in [0.15, 0.2) is 0 Å². The van der Waals surface area contributed by atoms with Gasteiger partial charge in [-0.1, -0.05) is 139 Å². The summed E-state index contributed by atoms with van der Waals surface area (Å²) in [6.07, 6.45) is 8.35. The maximum absolute atomic E-state index is 2.44. The van der Waals surface area contributed by atoms with Gasteiger partial charge >= 0.3 is 41.9 Å². The monoisotopic (exact) mass is 820 g/mol. The van der Waals surface area contributed by atoms with E-state index in [9.17, 15) is 0 Å². The smallest absolute Gasteiger partial charge is 0.0132 e. The second kappa shape index (κ2) is 18.7. The normalized spacial score (nSPS) is 14.0. The van der Waals surface area contributed by atoms with Gasteiger partial charge in [0, 0.05) is 0 Å². The Morgan fingerprint density at radius 1 is 0.654 bits per heavy atom. The van der Waals surface area contributed by atoms with Crippen LogP contribution in [-0.2, 0) is 34.2 Å². The molecule has 52 heavy (non-hydrogen) atoms. The van der Waals surface area contributed by atoms with Crippen LogP contribution in [0, 0.1) is 13.8 Å². The van der Waals surface area contributed by atoms with Gasteiger partial charge in [-0.15, -0.1) is 68.6 Å². The van der Waals surface area contributed by atoms with Crippen molar-refractivity contribution < 1.29 is 48.1 Å². The molecule has 0 saturated carbocycles. The van der Waals surface area contributed by atoms with Crippen molar-refractivity contribution in [2.45, 2.75) is 104 Å². The van der Waals surface area contributed by atoms with Crippen molar-refractivity contribution in [2.24, 2.45) is 0 Å². The Kier molecular flexibility index (Phi) is 15.8. The van der Waals surface area contributed by atoms with Gasteiger partial charge in [0.25, 0.3) is 0 Å². The van der Waals surface area contributed by atoms with E-state index in [-0.39, 0.29) is 41.1 Å².